The lowest BCUT2D eigenvalue weighted by Gasteiger charge is -2.34. The molecule has 2 aliphatic heterocycles. The van der Waals surface area contributed by atoms with Crippen LogP contribution in [0.2, 0.25) is 0 Å². The van der Waals surface area contributed by atoms with Crippen LogP contribution >= 0.6 is 0 Å². The molecule has 0 N–H and O–H groups in total. The Hall–Kier alpha value is -2.31. The maximum absolute atomic E-state index is 5.85. The number of aromatic nitrogens is 1. The number of ether oxygens (including phenoxy) is 3. The molecule has 0 amide bonds. The Morgan fingerprint density at radius 2 is 1.67 bits per heavy atom. The van der Waals surface area contributed by atoms with Gasteiger partial charge >= 0.3 is 0 Å². The number of piperazine rings is 1. The van der Waals surface area contributed by atoms with Gasteiger partial charge in [0.2, 0.25) is 0 Å². The first kappa shape index (κ1) is 18.1. The Morgan fingerprint density at radius 3 is 2.33 bits per heavy atom. The van der Waals surface area contributed by atoms with Gasteiger partial charge in [-0.25, -0.2) is 0 Å². The highest BCUT2D eigenvalue weighted by Crippen LogP contribution is 2.37. The molecule has 0 saturated carbocycles. The zero-order valence-corrected chi connectivity index (χ0v) is 15.9. The van der Waals surface area contributed by atoms with E-state index in [0.29, 0.717) is 13.2 Å². The molecule has 0 atom stereocenters. The van der Waals surface area contributed by atoms with E-state index >= 15 is 0 Å². The van der Waals surface area contributed by atoms with Crippen molar-refractivity contribution in [2.45, 2.75) is 19.5 Å². The van der Waals surface area contributed by atoms with E-state index in [0.717, 1.165) is 74.2 Å². The predicted octanol–water partition coefficient (Wildman–Crippen LogP) is 2.57. The maximum Gasteiger partial charge on any atom is 0.164 e. The van der Waals surface area contributed by atoms with Crippen molar-refractivity contribution in [3.63, 3.8) is 0 Å². The predicted molar refractivity (Wildman–Crippen MR) is 103 cm³/mol. The van der Waals surface area contributed by atoms with Crippen molar-refractivity contribution in [2.75, 3.05) is 46.5 Å². The summed E-state index contributed by atoms with van der Waals surface area (Å²) in [7, 11) is 1.72. The van der Waals surface area contributed by atoms with Gasteiger partial charge in [0, 0.05) is 63.5 Å². The van der Waals surface area contributed by atoms with Gasteiger partial charge in [0.25, 0.3) is 0 Å². The Bertz CT molecular complexity index is 746. The van der Waals surface area contributed by atoms with Gasteiger partial charge in [0.1, 0.15) is 5.75 Å². The van der Waals surface area contributed by atoms with Crippen LogP contribution in [0.1, 0.15) is 17.7 Å². The second-order valence-corrected chi connectivity index (χ2v) is 7.03. The number of hydrogen-bond donors (Lipinski definition) is 0. The molecule has 0 bridgehead atoms. The van der Waals surface area contributed by atoms with Crippen molar-refractivity contribution < 1.29 is 14.2 Å². The Morgan fingerprint density at radius 1 is 0.963 bits per heavy atom. The standard InChI is InChI=1S/C21H27N3O3/c1-25-19-14-21-20(26-11-4-12-27-21)13-17(19)15-23-7-9-24(10-8-23)16-18-5-2-3-6-22-18/h2-3,5-6,13-14H,4,7-12,15-16H2,1H3. The maximum atomic E-state index is 5.85. The Labute approximate surface area is 160 Å². The highest BCUT2D eigenvalue weighted by Gasteiger charge is 2.21. The molecule has 6 heteroatoms. The first-order valence-corrected chi connectivity index (χ1v) is 9.63. The van der Waals surface area contributed by atoms with E-state index in [2.05, 4.69) is 33.0 Å². The summed E-state index contributed by atoms with van der Waals surface area (Å²) >= 11 is 0. The quantitative estimate of drug-likeness (QED) is 0.807. The van der Waals surface area contributed by atoms with Crippen molar-refractivity contribution in [3.8, 4) is 17.2 Å². The van der Waals surface area contributed by atoms with Crippen LogP contribution in [0.5, 0.6) is 17.2 Å². The van der Waals surface area contributed by atoms with Crippen LogP contribution in [0, 0.1) is 0 Å². The number of nitrogens with zero attached hydrogens (tertiary/aromatic N) is 3. The number of hydrogen-bond acceptors (Lipinski definition) is 6. The minimum atomic E-state index is 0.688. The normalized spacial score (nSPS) is 18.1. The minimum Gasteiger partial charge on any atom is -0.496 e. The zero-order chi connectivity index (χ0) is 18.5. The van der Waals surface area contributed by atoms with E-state index < -0.39 is 0 Å². The van der Waals surface area contributed by atoms with Crippen molar-refractivity contribution in [1.29, 1.82) is 0 Å². The molecule has 27 heavy (non-hydrogen) atoms. The summed E-state index contributed by atoms with van der Waals surface area (Å²) in [6.45, 7) is 7.32. The number of pyridine rings is 1. The molecule has 1 aromatic carbocycles. The van der Waals surface area contributed by atoms with Crippen LogP contribution in [-0.2, 0) is 13.1 Å². The van der Waals surface area contributed by atoms with Gasteiger partial charge in [-0.2, -0.15) is 0 Å². The summed E-state index contributed by atoms with van der Waals surface area (Å²) in [5, 5.41) is 0. The second-order valence-electron chi connectivity index (χ2n) is 7.03. The third kappa shape index (κ3) is 4.51. The molecule has 1 saturated heterocycles. The SMILES string of the molecule is COc1cc2c(cc1CN1CCN(Cc3ccccn3)CC1)OCCCO2. The molecule has 0 aliphatic carbocycles. The lowest BCUT2D eigenvalue weighted by atomic mass is 10.1. The van der Waals surface area contributed by atoms with Crippen LogP contribution in [0.25, 0.3) is 0 Å². The number of methoxy groups -OCH3 is 1. The van der Waals surface area contributed by atoms with E-state index in [1.807, 2.05) is 18.3 Å². The van der Waals surface area contributed by atoms with Gasteiger partial charge in [-0.05, 0) is 18.2 Å². The lowest BCUT2D eigenvalue weighted by Crippen LogP contribution is -2.45. The number of rotatable bonds is 5. The summed E-state index contributed by atoms with van der Waals surface area (Å²) < 4.78 is 17.2. The van der Waals surface area contributed by atoms with Crippen molar-refractivity contribution in [3.05, 3.63) is 47.8 Å². The van der Waals surface area contributed by atoms with E-state index in [9.17, 15) is 0 Å². The van der Waals surface area contributed by atoms with E-state index in [-0.39, 0.29) is 0 Å². The molecule has 4 rings (SSSR count). The molecule has 144 valence electrons. The lowest BCUT2D eigenvalue weighted by molar-refractivity contribution is 0.120. The highest BCUT2D eigenvalue weighted by molar-refractivity contribution is 5.51. The van der Waals surface area contributed by atoms with Crippen LogP contribution < -0.4 is 14.2 Å². The largest absolute Gasteiger partial charge is 0.496 e. The average Bonchev–Trinajstić information content (AvgIpc) is 2.94. The molecule has 0 spiro atoms. The molecule has 2 aliphatic rings. The molecular weight excluding hydrogens is 342 g/mol. The molecular formula is C21H27N3O3. The van der Waals surface area contributed by atoms with E-state index in [1.165, 1.54) is 0 Å². The second kappa shape index (κ2) is 8.59. The van der Waals surface area contributed by atoms with Gasteiger partial charge < -0.3 is 14.2 Å². The molecule has 1 aromatic heterocycles. The summed E-state index contributed by atoms with van der Waals surface area (Å²) in [5.74, 6) is 2.49. The van der Waals surface area contributed by atoms with Crippen LogP contribution in [0.15, 0.2) is 36.5 Å². The fourth-order valence-electron chi connectivity index (χ4n) is 3.61. The molecule has 3 heterocycles. The van der Waals surface area contributed by atoms with E-state index in [4.69, 9.17) is 14.2 Å². The average molecular weight is 369 g/mol. The Kier molecular flexibility index (Phi) is 5.75. The summed E-state index contributed by atoms with van der Waals surface area (Å²) in [5.41, 5.74) is 2.29. The molecule has 0 unspecified atom stereocenters. The summed E-state index contributed by atoms with van der Waals surface area (Å²) in [4.78, 5) is 9.36. The minimum absolute atomic E-state index is 0.688. The number of fused-ring (bicyclic) bond motifs is 1. The fraction of sp³-hybridized carbons (Fsp3) is 0.476. The van der Waals surface area contributed by atoms with Gasteiger partial charge in [0.15, 0.2) is 11.5 Å². The zero-order valence-electron chi connectivity index (χ0n) is 15.9. The number of benzene rings is 1. The molecule has 1 fully saturated rings. The van der Waals surface area contributed by atoms with Gasteiger partial charge in [0.05, 0.1) is 26.0 Å². The smallest absolute Gasteiger partial charge is 0.164 e. The fourth-order valence-corrected chi connectivity index (χ4v) is 3.61. The van der Waals surface area contributed by atoms with Gasteiger partial charge in [-0.15, -0.1) is 0 Å². The monoisotopic (exact) mass is 369 g/mol. The van der Waals surface area contributed by atoms with Crippen molar-refractivity contribution >= 4 is 0 Å². The van der Waals surface area contributed by atoms with Crippen molar-refractivity contribution in [2.24, 2.45) is 0 Å². The first-order chi connectivity index (χ1) is 13.3. The summed E-state index contributed by atoms with van der Waals surface area (Å²) in [6, 6.07) is 10.2. The highest BCUT2D eigenvalue weighted by atomic mass is 16.5. The van der Waals surface area contributed by atoms with Gasteiger partial charge in [-0.1, -0.05) is 6.07 Å². The molecule has 6 nitrogen and oxygen atoms in total. The third-order valence-electron chi connectivity index (χ3n) is 5.12. The van der Waals surface area contributed by atoms with Crippen LogP contribution in [-0.4, -0.2) is 61.3 Å². The topological polar surface area (TPSA) is 47.1 Å². The van der Waals surface area contributed by atoms with E-state index in [1.54, 1.807) is 7.11 Å². The van der Waals surface area contributed by atoms with Crippen LogP contribution in [0.3, 0.4) is 0 Å². The molecule has 2 aromatic rings. The Balaban J connectivity index is 1.38. The summed E-state index contributed by atoms with van der Waals surface area (Å²) in [6.07, 6.45) is 2.77. The van der Waals surface area contributed by atoms with Crippen molar-refractivity contribution in [1.82, 2.24) is 14.8 Å². The third-order valence-corrected chi connectivity index (χ3v) is 5.12. The van der Waals surface area contributed by atoms with Crippen LogP contribution in [0.4, 0.5) is 0 Å². The first-order valence-electron chi connectivity index (χ1n) is 9.63. The molecule has 0 radical (unpaired) electrons. The van der Waals surface area contributed by atoms with Gasteiger partial charge in [-0.3, -0.25) is 14.8 Å².